The lowest BCUT2D eigenvalue weighted by molar-refractivity contribution is -0.123. The Hall–Kier alpha value is -1.63. The van der Waals surface area contributed by atoms with Crippen LogP contribution in [-0.2, 0) is 4.79 Å². The maximum Gasteiger partial charge on any atom is 0.238 e. The SMILES string of the molecule is CN(CCCCNC(=O)C1NNC2CCNCC21)c1ccccc1. The zero-order chi connectivity index (χ0) is 16.8. The standard InChI is InChI=1S/C18H29N5O/c1-23(14-7-3-2-4-8-14)12-6-5-10-20-18(24)17-15-13-19-11-9-16(15)21-22-17/h2-4,7-8,15-17,19,21-22H,5-6,9-13H2,1H3,(H,20,24). The van der Waals surface area contributed by atoms with Crippen molar-refractivity contribution in [2.45, 2.75) is 31.3 Å². The summed E-state index contributed by atoms with van der Waals surface area (Å²) in [6, 6.07) is 10.7. The molecule has 2 fully saturated rings. The Morgan fingerprint density at radius 2 is 2.08 bits per heavy atom. The largest absolute Gasteiger partial charge is 0.375 e. The molecule has 132 valence electrons. The van der Waals surface area contributed by atoms with E-state index in [0.717, 1.165) is 45.4 Å². The Morgan fingerprint density at radius 1 is 1.25 bits per heavy atom. The van der Waals surface area contributed by atoms with Gasteiger partial charge in [-0.1, -0.05) is 18.2 Å². The van der Waals surface area contributed by atoms with E-state index in [0.29, 0.717) is 12.0 Å². The van der Waals surface area contributed by atoms with E-state index in [2.05, 4.69) is 57.7 Å². The van der Waals surface area contributed by atoms with Crippen molar-refractivity contribution < 1.29 is 4.79 Å². The summed E-state index contributed by atoms with van der Waals surface area (Å²) < 4.78 is 0. The number of carbonyl (C=O) groups is 1. The number of piperidine rings is 1. The number of hydrogen-bond donors (Lipinski definition) is 4. The van der Waals surface area contributed by atoms with Crippen LogP contribution in [0.2, 0.25) is 0 Å². The van der Waals surface area contributed by atoms with Gasteiger partial charge in [0.2, 0.25) is 5.91 Å². The molecule has 4 N–H and O–H groups in total. The molecule has 0 saturated carbocycles. The van der Waals surface area contributed by atoms with Crippen molar-refractivity contribution in [2.24, 2.45) is 5.92 Å². The molecule has 3 unspecified atom stereocenters. The Kier molecular flexibility index (Phi) is 6.07. The number of unbranched alkanes of at least 4 members (excludes halogenated alkanes) is 1. The first-order chi connectivity index (χ1) is 11.8. The van der Waals surface area contributed by atoms with Crippen molar-refractivity contribution in [2.75, 3.05) is 38.1 Å². The van der Waals surface area contributed by atoms with Crippen LogP contribution in [0.5, 0.6) is 0 Å². The highest BCUT2D eigenvalue weighted by Crippen LogP contribution is 2.20. The molecule has 24 heavy (non-hydrogen) atoms. The second kappa shape index (κ2) is 8.46. The zero-order valence-electron chi connectivity index (χ0n) is 14.4. The lowest BCUT2D eigenvalue weighted by atomic mass is 9.89. The predicted octanol–water partition coefficient (Wildman–Crippen LogP) is 0.474. The van der Waals surface area contributed by atoms with E-state index >= 15 is 0 Å². The Labute approximate surface area is 144 Å². The van der Waals surface area contributed by atoms with Crippen molar-refractivity contribution in [3.63, 3.8) is 0 Å². The summed E-state index contributed by atoms with van der Waals surface area (Å²) in [4.78, 5) is 14.6. The van der Waals surface area contributed by atoms with Crippen molar-refractivity contribution >= 4 is 11.6 Å². The number of nitrogens with zero attached hydrogens (tertiary/aromatic N) is 1. The minimum Gasteiger partial charge on any atom is -0.375 e. The van der Waals surface area contributed by atoms with Crippen LogP contribution in [0.1, 0.15) is 19.3 Å². The fraction of sp³-hybridized carbons (Fsp3) is 0.611. The van der Waals surface area contributed by atoms with Crippen LogP contribution < -0.4 is 26.4 Å². The van der Waals surface area contributed by atoms with Crippen molar-refractivity contribution in [3.05, 3.63) is 30.3 Å². The van der Waals surface area contributed by atoms with Crippen LogP contribution >= 0.6 is 0 Å². The number of hydrazine groups is 1. The Balaban J connectivity index is 1.32. The first-order valence-corrected chi connectivity index (χ1v) is 9.01. The topological polar surface area (TPSA) is 68.4 Å². The number of nitrogens with one attached hydrogen (secondary N) is 4. The second-order valence-corrected chi connectivity index (χ2v) is 6.78. The van der Waals surface area contributed by atoms with Crippen LogP contribution in [0.3, 0.4) is 0 Å². The summed E-state index contributed by atoms with van der Waals surface area (Å²) >= 11 is 0. The van der Waals surface area contributed by atoms with E-state index in [4.69, 9.17) is 0 Å². The van der Waals surface area contributed by atoms with Crippen molar-refractivity contribution in [1.29, 1.82) is 0 Å². The number of carbonyl (C=O) groups excluding carboxylic acids is 1. The van der Waals surface area contributed by atoms with Crippen molar-refractivity contribution in [1.82, 2.24) is 21.5 Å². The third-order valence-corrected chi connectivity index (χ3v) is 5.08. The van der Waals surface area contributed by atoms with E-state index in [9.17, 15) is 4.79 Å². The highest BCUT2D eigenvalue weighted by atomic mass is 16.2. The normalized spacial score (nSPS) is 26.0. The Bertz CT molecular complexity index is 523. The van der Waals surface area contributed by atoms with E-state index in [1.165, 1.54) is 5.69 Å². The minimum atomic E-state index is -0.116. The molecule has 2 aliphatic heterocycles. The summed E-state index contributed by atoms with van der Waals surface area (Å²) in [6.45, 7) is 3.67. The van der Waals surface area contributed by atoms with Gasteiger partial charge >= 0.3 is 0 Å². The van der Waals surface area contributed by atoms with Crippen molar-refractivity contribution in [3.8, 4) is 0 Å². The summed E-state index contributed by atoms with van der Waals surface area (Å²) in [7, 11) is 2.11. The molecule has 0 aromatic heterocycles. The third kappa shape index (κ3) is 4.26. The monoisotopic (exact) mass is 331 g/mol. The Morgan fingerprint density at radius 3 is 2.92 bits per heavy atom. The second-order valence-electron chi connectivity index (χ2n) is 6.78. The maximum absolute atomic E-state index is 12.4. The molecule has 6 heteroatoms. The molecule has 2 aliphatic rings. The molecule has 6 nitrogen and oxygen atoms in total. The lowest BCUT2D eigenvalue weighted by Crippen LogP contribution is -2.49. The van der Waals surface area contributed by atoms with Crippen LogP contribution in [-0.4, -0.2) is 51.2 Å². The highest BCUT2D eigenvalue weighted by molar-refractivity contribution is 5.82. The molecule has 0 radical (unpaired) electrons. The number of rotatable bonds is 7. The van der Waals surface area contributed by atoms with Gasteiger partial charge in [0, 0.05) is 44.3 Å². The molecule has 3 rings (SSSR count). The average Bonchev–Trinajstić information content (AvgIpc) is 3.06. The number of benzene rings is 1. The van der Waals surface area contributed by atoms with E-state index in [1.807, 2.05) is 6.07 Å². The van der Waals surface area contributed by atoms with Gasteiger partial charge in [0.1, 0.15) is 6.04 Å². The summed E-state index contributed by atoms with van der Waals surface area (Å²) in [5, 5.41) is 6.46. The highest BCUT2D eigenvalue weighted by Gasteiger charge is 2.40. The van der Waals surface area contributed by atoms with Gasteiger partial charge in [0.25, 0.3) is 0 Å². The first-order valence-electron chi connectivity index (χ1n) is 9.01. The molecule has 0 spiro atoms. The number of amides is 1. The van der Waals surface area contributed by atoms with Crippen LogP contribution in [0.15, 0.2) is 30.3 Å². The van der Waals surface area contributed by atoms with Gasteiger partial charge in [-0.15, -0.1) is 0 Å². The van der Waals surface area contributed by atoms with Gasteiger partial charge in [0.15, 0.2) is 0 Å². The fourth-order valence-electron chi connectivity index (χ4n) is 3.58. The molecular weight excluding hydrogens is 302 g/mol. The quantitative estimate of drug-likeness (QED) is 0.547. The summed E-state index contributed by atoms with van der Waals surface area (Å²) in [5.41, 5.74) is 7.67. The number of para-hydroxylation sites is 1. The number of anilines is 1. The van der Waals surface area contributed by atoms with Gasteiger partial charge in [-0.25, -0.2) is 5.43 Å². The van der Waals surface area contributed by atoms with Gasteiger partial charge < -0.3 is 15.5 Å². The van der Waals surface area contributed by atoms with E-state index < -0.39 is 0 Å². The molecule has 3 atom stereocenters. The van der Waals surface area contributed by atoms with E-state index in [-0.39, 0.29) is 11.9 Å². The van der Waals surface area contributed by atoms with Gasteiger partial charge in [-0.2, -0.15) is 0 Å². The molecule has 0 bridgehead atoms. The maximum atomic E-state index is 12.4. The van der Waals surface area contributed by atoms with Crippen LogP contribution in [0.25, 0.3) is 0 Å². The third-order valence-electron chi connectivity index (χ3n) is 5.08. The molecule has 2 heterocycles. The van der Waals surface area contributed by atoms with Gasteiger partial charge in [0.05, 0.1) is 0 Å². The molecule has 1 aromatic rings. The van der Waals surface area contributed by atoms with Crippen LogP contribution in [0.4, 0.5) is 5.69 Å². The van der Waals surface area contributed by atoms with Gasteiger partial charge in [-0.05, 0) is 37.9 Å². The summed E-state index contributed by atoms with van der Waals surface area (Å²) in [6.07, 6.45) is 3.14. The molecule has 1 aromatic carbocycles. The first kappa shape index (κ1) is 17.2. The molecule has 1 amide bonds. The smallest absolute Gasteiger partial charge is 0.238 e. The van der Waals surface area contributed by atoms with Gasteiger partial charge in [-0.3, -0.25) is 10.2 Å². The predicted molar refractivity (Wildman–Crippen MR) is 96.8 cm³/mol. The number of fused-ring (bicyclic) bond motifs is 1. The minimum absolute atomic E-state index is 0.116. The molecule has 2 saturated heterocycles. The molecular formula is C18H29N5O. The average molecular weight is 331 g/mol. The lowest BCUT2D eigenvalue weighted by Gasteiger charge is -2.27. The zero-order valence-corrected chi connectivity index (χ0v) is 14.4. The van der Waals surface area contributed by atoms with E-state index in [1.54, 1.807) is 0 Å². The summed E-state index contributed by atoms with van der Waals surface area (Å²) in [5.74, 6) is 0.470. The molecule has 0 aliphatic carbocycles. The number of hydrogen-bond acceptors (Lipinski definition) is 5. The fourth-order valence-corrected chi connectivity index (χ4v) is 3.58. The van der Waals surface area contributed by atoms with Crippen LogP contribution in [0, 0.1) is 5.92 Å².